The van der Waals surface area contributed by atoms with Gasteiger partial charge in [-0.25, -0.2) is 9.97 Å². The van der Waals surface area contributed by atoms with E-state index in [1.807, 2.05) is 49.4 Å². The highest BCUT2D eigenvalue weighted by Gasteiger charge is 2.21. The molecule has 0 aliphatic carbocycles. The Morgan fingerprint density at radius 3 is 2.28 bits per heavy atom. The first-order chi connectivity index (χ1) is 14.2. The number of aromatic nitrogens is 2. The Morgan fingerprint density at radius 1 is 0.966 bits per heavy atom. The monoisotopic (exact) mass is 392 g/mol. The third kappa shape index (κ3) is 4.39. The van der Waals surface area contributed by atoms with Crippen LogP contribution in [0.2, 0.25) is 0 Å². The molecule has 3 aromatic rings. The maximum atomic E-state index is 12.6. The molecule has 0 bridgehead atoms. The van der Waals surface area contributed by atoms with Gasteiger partial charge >= 0.3 is 0 Å². The van der Waals surface area contributed by atoms with Gasteiger partial charge in [0.25, 0.3) is 5.91 Å². The number of nitrogens with zero attached hydrogens (tertiary/aromatic N) is 3. The lowest BCUT2D eigenvalue weighted by molar-refractivity contribution is -0.118. The number of para-hydroxylation sites is 4. The minimum Gasteiger partial charge on any atom is -0.490 e. The van der Waals surface area contributed by atoms with Crippen LogP contribution >= 0.6 is 0 Å². The average molecular weight is 392 g/mol. The zero-order valence-electron chi connectivity index (χ0n) is 16.4. The van der Waals surface area contributed by atoms with Crippen LogP contribution in [0.15, 0.2) is 48.5 Å². The molecule has 1 fully saturated rings. The number of hydrogen-bond donors (Lipinski definition) is 1. The van der Waals surface area contributed by atoms with Crippen LogP contribution in [0.1, 0.15) is 19.8 Å². The summed E-state index contributed by atoms with van der Waals surface area (Å²) in [4.78, 5) is 24.2. The Balaban J connectivity index is 1.52. The average Bonchev–Trinajstić information content (AvgIpc) is 3.27. The molecule has 7 nitrogen and oxygen atoms in total. The highest BCUT2D eigenvalue weighted by Crippen LogP contribution is 2.29. The van der Waals surface area contributed by atoms with Gasteiger partial charge in [0.15, 0.2) is 29.7 Å². The van der Waals surface area contributed by atoms with Crippen molar-refractivity contribution in [2.75, 3.05) is 36.5 Å². The summed E-state index contributed by atoms with van der Waals surface area (Å²) < 4.78 is 11.2. The minimum atomic E-state index is -0.290. The molecule has 1 N–H and O–H groups in total. The minimum absolute atomic E-state index is 0.141. The Kier molecular flexibility index (Phi) is 5.74. The van der Waals surface area contributed by atoms with E-state index in [0.29, 0.717) is 29.7 Å². The van der Waals surface area contributed by atoms with Gasteiger partial charge in [0.05, 0.1) is 17.6 Å². The van der Waals surface area contributed by atoms with E-state index in [9.17, 15) is 4.79 Å². The third-order valence-electron chi connectivity index (χ3n) is 4.72. The van der Waals surface area contributed by atoms with Crippen LogP contribution in [0.4, 0.5) is 11.6 Å². The maximum Gasteiger partial charge on any atom is 0.263 e. The fourth-order valence-electron chi connectivity index (χ4n) is 3.38. The van der Waals surface area contributed by atoms with E-state index in [0.717, 1.165) is 37.0 Å². The molecule has 0 atom stereocenters. The second-order valence-electron chi connectivity index (χ2n) is 6.80. The number of carbonyl (C=O) groups excluding carboxylic acids is 1. The molecule has 2 heterocycles. The highest BCUT2D eigenvalue weighted by molar-refractivity contribution is 5.95. The fourth-order valence-corrected chi connectivity index (χ4v) is 3.38. The van der Waals surface area contributed by atoms with Gasteiger partial charge in [-0.3, -0.25) is 4.79 Å². The van der Waals surface area contributed by atoms with Crippen LogP contribution in [-0.2, 0) is 4.79 Å². The summed E-state index contributed by atoms with van der Waals surface area (Å²) in [5.41, 5.74) is 1.56. The van der Waals surface area contributed by atoms with Crippen molar-refractivity contribution in [3.63, 3.8) is 0 Å². The normalized spacial score (nSPS) is 13.5. The topological polar surface area (TPSA) is 76.6 Å². The SMILES string of the molecule is CCOc1ccccc1OCC(=O)Nc1nc2ccccc2nc1N1CCCC1. The molecule has 150 valence electrons. The lowest BCUT2D eigenvalue weighted by atomic mass is 10.3. The predicted molar refractivity (Wildman–Crippen MR) is 113 cm³/mol. The standard InChI is InChI=1S/C22H24N4O3/c1-2-28-18-11-5-6-12-19(18)29-15-20(27)25-21-22(26-13-7-8-14-26)24-17-10-4-3-9-16(17)23-21/h3-6,9-12H,2,7-8,13-15H2,1H3,(H,23,25,27). The zero-order chi connectivity index (χ0) is 20.1. The van der Waals surface area contributed by atoms with E-state index in [2.05, 4.69) is 15.2 Å². The first-order valence-electron chi connectivity index (χ1n) is 9.91. The first kappa shape index (κ1) is 19.0. The summed E-state index contributed by atoms with van der Waals surface area (Å²) in [7, 11) is 0. The van der Waals surface area contributed by atoms with Crippen LogP contribution < -0.4 is 19.7 Å². The summed E-state index contributed by atoms with van der Waals surface area (Å²) >= 11 is 0. The van der Waals surface area contributed by atoms with Crippen LogP contribution in [0.3, 0.4) is 0 Å². The molecule has 7 heteroatoms. The van der Waals surface area contributed by atoms with E-state index in [4.69, 9.17) is 14.5 Å². The van der Waals surface area contributed by atoms with Gasteiger partial charge in [0, 0.05) is 13.1 Å². The summed E-state index contributed by atoms with van der Waals surface area (Å²) in [5.74, 6) is 2.04. The van der Waals surface area contributed by atoms with Crippen molar-refractivity contribution in [3.8, 4) is 11.5 Å². The molecule has 1 aromatic heterocycles. The number of ether oxygens (including phenoxy) is 2. The molecule has 0 radical (unpaired) electrons. The van der Waals surface area contributed by atoms with Crippen LogP contribution in [0, 0.1) is 0 Å². The Bertz CT molecular complexity index is 1000. The Labute approximate surface area is 169 Å². The number of hydrogen-bond acceptors (Lipinski definition) is 6. The number of anilines is 2. The number of fused-ring (bicyclic) bond motifs is 1. The van der Waals surface area contributed by atoms with Gasteiger partial charge in [-0.15, -0.1) is 0 Å². The first-order valence-corrected chi connectivity index (χ1v) is 9.91. The maximum absolute atomic E-state index is 12.6. The number of nitrogens with one attached hydrogen (secondary N) is 1. The zero-order valence-corrected chi connectivity index (χ0v) is 16.4. The van der Waals surface area contributed by atoms with Crippen molar-refractivity contribution in [2.24, 2.45) is 0 Å². The fraction of sp³-hybridized carbons (Fsp3) is 0.318. The van der Waals surface area contributed by atoms with Gasteiger partial charge < -0.3 is 19.7 Å². The lowest BCUT2D eigenvalue weighted by Gasteiger charge is -2.20. The number of benzene rings is 2. The number of rotatable bonds is 7. The molecule has 1 aliphatic rings. The smallest absolute Gasteiger partial charge is 0.263 e. The second-order valence-corrected chi connectivity index (χ2v) is 6.80. The van der Waals surface area contributed by atoms with Gasteiger partial charge in [0.1, 0.15) is 0 Å². The molecule has 0 saturated carbocycles. The molecule has 0 unspecified atom stereocenters. The quantitative estimate of drug-likeness (QED) is 0.661. The number of carbonyl (C=O) groups is 1. The molecule has 0 spiro atoms. The molecule has 1 amide bonds. The van der Waals surface area contributed by atoms with Gasteiger partial charge in [-0.1, -0.05) is 24.3 Å². The third-order valence-corrected chi connectivity index (χ3v) is 4.72. The molecule has 1 saturated heterocycles. The van der Waals surface area contributed by atoms with Crippen LogP contribution in [0.5, 0.6) is 11.5 Å². The van der Waals surface area contributed by atoms with E-state index in [-0.39, 0.29) is 12.5 Å². The molecule has 29 heavy (non-hydrogen) atoms. The van der Waals surface area contributed by atoms with Crippen molar-refractivity contribution in [1.82, 2.24) is 9.97 Å². The summed E-state index contributed by atoms with van der Waals surface area (Å²) in [6.45, 7) is 4.11. The summed E-state index contributed by atoms with van der Waals surface area (Å²) in [6, 6.07) is 15.0. The lowest BCUT2D eigenvalue weighted by Crippen LogP contribution is -2.25. The molecule has 1 aliphatic heterocycles. The van der Waals surface area contributed by atoms with Gasteiger partial charge in [0.2, 0.25) is 0 Å². The Morgan fingerprint density at radius 2 is 1.59 bits per heavy atom. The van der Waals surface area contributed by atoms with Gasteiger partial charge in [-0.05, 0) is 44.0 Å². The predicted octanol–water partition coefficient (Wildman–Crippen LogP) is 3.65. The van der Waals surface area contributed by atoms with Crippen molar-refractivity contribution in [1.29, 1.82) is 0 Å². The van der Waals surface area contributed by atoms with Crippen molar-refractivity contribution >= 4 is 28.6 Å². The van der Waals surface area contributed by atoms with Crippen molar-refractivity contribution in [3.05, 3.63) is 48.5 Å². The van der Waals surface area contributed by atoms with Crippen molar-refractivity contribution in [2.45, 2.75) is 19.8 Å². The van der Waals surface area contributed by atoms with E-state index in [1.54, 1.807) is 6.07 Å². The van der Waals surface area contributed by atoms with E-state index in [1.165, 1.54) is 0 Å². The second kappa shape index (κ2) is 8.77. The van der Waals surface area contributed by atoms with Crippen LogP contribution in [-0.4, -0.2) is 42.2 Å². The Hall–Kier alpha value is -3.35. The molecule has 4 rings (SSSR count). The highest BCUT2D eigenvalue weighted by atomic mass is 16.5. The summed E-state index contributed by atoms with van der Waals surface area (Å²) in [6.07, 6.45) is 2.22. The number of amides is 1. The van der Waals surface area contributed by atoms with Crippen molar-refractivity contribution < 1.29 is 14.3 Å². The largest absolute Gasteiger partial charge is 0.490 e. The van der Waals surface area contributed by atoms with Crippen LogP contribution in [0.25, 0.3) is 11.0 Å². The molecule has 2 aromatic carbocycles. The molecular weight excluding hydrogens is 368 g/mol. The van der Waals surface area contributed by atoms with E-state index >= 15 is 0 Å². The summed E-state index contributed by atoms with van der Waals surface area (Å²) in [5, 5.41) is 2.88. The van der Waals surface area contributed by atoms with E-state index < -0.39 is 0 Å². The van der Waals surface area contributed by atoms with Gasteiger partial charge in [-0.2, -0.15) is 0 Å². The molecular formula is C22H24N4O3.